The first kappa shape index (κ1) is 15.4. The number of aliphatic carboxylic acids is 2. The molecule has 0 bridgehead atoms. The highest BCUT2D eigenvalue weighted by Crippen LogP contribution is 2.29. The van der Waals surface area contributed by atoms with Gasteiger partial charge in [0.1, 0.15) is 10.8 Å². The fraction of sp³-hybridized carbons (Fsp3) is 0.357. The zero-order valence-electron chi connectivity index (χ0n) is 11.2. The fourth-order valence-corrected chi connectivity index (χ4v) is 2.78. The average Bonchev–Trinajstić information content (AvgIpc) is 2.84. The summed E-state index contributed by atoms with van der Waals surface area (Å²) >= 11 is 1.06. The number of thioether (sulfide) groups is 1. The maximum Gasteiger partial charge on any atom is 0.317 e. The number of hydrogen-bond donors (Lipinski definition) is 2. The Morgan fingerprint density at radius 3 is 2.67 bits per heavy atom. The molecule has 6 nitrogen and oxygen atoms in total. The Labute approximate surface area is 125 Å². The standard InChI is InChI=1S/C14H15NO5S/c16-12(17)8-4-3-7-11(13(18)19)21-14-15-9-5-1-2-6-10(9)20-14/h1-2,5-6,11H,3-4,7-8H2,(H,16,17)(H,18,19). The number of para-hydroxylation sites is 2. The number of aromatic nitrogens is 1. The molecule has 112 valence electrons. The van der Waals surface area contributed by atoms with E-state index in [1.54, 1.807) is 12.1 Å². The minimum Gasteiger partial charge on any atom is -0.481 e. The maximum atomic E-state index is 11.2. The van der Waals surface area contributed by atoms with Crippen LogP contribution in [0, 0.1) is 0 Å². The molecule has 0 amide bonds. The van der Waals surface area contributed by atoms with Crippen LogP contribution in [0.25, 0.3) is 11.1 Å². The molecular formula is C14H15NO5S. The fourth-order valence-electron chi connectivity index (χ4n) is 1.86. The van der Waals surface area contributed by atoms with Crippen LogP contribution < -0.4 is 0 Å². The highest BCUT2D eigenvalue weighted by Gasteiger charge is 2.21. The molecular weight excluding hydrogens is 294 g/mol. The Kier molecular flexibility index (Phi) is 5.21. The van der Waals surface area contributed by atoms with E-state index in [4.69, 9.17) is 9.52 Å². The quantitative estimate of drug-likeness (QED) is 0.571. The average molecular weight is 309 g/mol. The second-order valence-corrected chi connectivity index (χ2v) is 5.69. The van der Waals surface area contributed by atoms with E-state index in [0.717, 1.165) is 11.8 Å². The van der Waals surface area contributed by atoms with Gasteiger partial charge in [-0.05, 0) is 25.0 Å². The van der Waals surface area contributed by atoms with E-state index in [1.165, 1.54) is 0 Å². The zero-order valence-corrected chi connectivity index (χ0v) is 12.0. The highest BCUT2D eigenvalue weighted by atomic mass is 32.2. The van der Waals surface area contributed by atoms with Crippen LogP contribution >= 0.6 is 11.8 Å². The largest absolute Gasteiger partial charge is 0.481 e. The second-order valence-electron chi connectivity index (χ2n) is 4.53. The van der Waals surface area contributed by atoms with Crippen LogP contribution in [-0.4, -0.2) is 32.4 Å². The van der Waals surface area contributed by atoms with Crippen molar-refractivity contribution in [2.24, 2.45) is 0 Å². The number of carboxylic acids is 2. The van der Waals surface area contributed by atoms with Crippen LogP contribution in [0.15, 0.2) is 33.9 Å². The molecule has 0 saturated carbocycles. The summed E-state index contributed by atoms with van der Waals surface area (Å²) in [7, 11) is 0. The molecule has 2 rings (SSSR count). The molecule has 0 saturated heterocycles. The number of oxazole rings is 1. The molecule has 7 heteroatoms. The Balaban J connectivity index is 1.95. The van der Waals surface area contributed by atoms with Gasteiger partial charge in [0, 0.05) is 6.42 Å². The van der Waals surface area contributed by atoms with Crippen molar-refractivity contribution in [1.82, 2.24) is 4.98 Å². The lowest BCUT2D eigenvalue weighted by Gasteiger charge is -2.08. The molecule has 2 aromatic rings. The predicted molar refractivity (Wildman–Crippen MR) is 77.4 cm³/mol. The number of nitrogens with zero attached hydrogens (tertiary/aromatic N) is 1. The summed E-state index contributed by atoms with van der Waals surface area (Å²) in [4.78, 5) is 25.9. The third-order valence-corrected chi connectivity index (χ3v) is 4.00. The third-order valence-electron chi connectivity index (χ3n) is 2.90. The van der Waals surface area contributed by atoms with Crippen molar-refractivity contribution in [3.8, 4) is 0 Å². The molecule has 2 N–H and O–H groups in total. The van der Waals surface area contributed by atoms with Crippen LogP contribution in [0.1, 0.15) is 25.7 Å². The number of hydrogen-bond acceptors (Lipinski definition) is 5. The number of benzene rings is 1. The summed E-state index contributed by atoms with van der Waals surface area (Å²) in [6.45, 7) is 0. The molecule has 1 aromatic carbocycles. The lowest BCUT2D eigenvalue weighted by molar-refractivity contribution is -0.137. The van der Waals surface area contributed by atoms with Gasteiger partial charge in [-0.1, -0.05) is 30.3 Å². The van der Waals surface area contributed by atoms with Gasteiger partial charge in [0.25, 0.3) is 5.22 Å². The van der Waals surface area contributed by atoms with Gasteiger partial charge in [-0.2, -0.15) is 0 Å². The molecule has 0 spiro atoms. The minimum atomic E-state index is -0.947. The van der Waals surface area contributed by atoms with Gasteiger partial charge in [-0.3, -0.25) is 9.59 Å². The Morgan fingerprint density at radius 2 is 2.00 bits per heavy atom. The molecule has 0 fully saturated rings. The summed E-state index contributed by atoms with van der Waals surface area (Å²) in [6.07, 6.45) is 1.44. The normalized spacial score (nSPS) is 12.4. The second kappa shape index (κ2) is 7.12. The summed E-state index contributed by atoms with van der Waals surface area (Å²) in [5, 5.41) is 17.4. The Morgan fingerprint density at radius 1 is 1.24 bits per heavy atom. The van der Waals surface area contributed by atoms with Crippen LogP contribution in [0.3, 0.4) is 0 Å². The number of carbonyl (C=O) groups is 2. The molecule has 1 heterocycles. The van der Waals surface area contributed by atoms with Crippen molar-refractivity contribution in [2.45, 2.75) is 36.2 Å². The van der Waals surface area contributed by atoms with Gasteiger partial charge in [-0.15, -0.1) is 0 Å². The van der Waals surface area contributed by atoms with Crippen molar-refractivity contribution in [3.05, 3.63) is 24.3 Å². The molecule has 0 aliphatic heterocycles. The Bertz CT molecular complexity index is 606. The van der Waals surface area contributed by atoms with Crippen molar-refractivity contribution in [3.63, 3.8) is 0 Å². The summed E-state index contributed by atoms with van der Waals surface area (Å²) in [5.41, 5.74) is 1.31. The summed E-state index contributed by atoms with van der Waals surface area (Å²) in [6, 6.07) is 7.23. The zero-order chi connectivity index (χ0) is 15.2. The molecule has 0 aliphatic carbocycles. The number of carboxylic acid groups (broad SMARTS) is 2. The summed E-state index contributed by atoms with van der Waals surface area (Å²) < 4.78 is 5.49. The topological polar surface area (TPSA) is 101 Å². The number of unbranched alkanes of at least 4 members (excludes halogenated alkanes) is 1. The van der Waals surface area contributed by atoms with Crippen molar-refractivity contribution >= 4 is 34.8 Å². The Hall–Kier alpha value is -2.02. The van der Waals surface area contributed by atoms with Gasteiger partial charge in [-0.25, -0.2) is 4.98 Å². The number of fused-ring (bicyclic) bond motifs is 1. The van der Waals surface area contributed by atoms with E-state index >= 15 is 0 Å². The predicted octanol–water partition coefficient (Wildman–Crippen LogP) is 3.02. The molecule has 21 heavy (non-hydrogen) atoms. The SMILES string of the molecule is O=C(O)CCCCC(Sc1nc2ccccc2o1)C(=O)O. The molecule has 1 aromatic heterocycles. The van der Waals surface area contributed by atoms with Crippen molar-refractivity contribution in [2.75, 3.05) is 0 Å². The first-order valence-corrected chi connectivity index (χ1v) is 7.41. The maximum absolute atomic E-state index is 11.2. The summed E-state index contributed by atoms with van der Waals surface area (Å²) in [5.74, 6) is -1.81. The van der Waals surface area contributed by atoms with E-state index in [0.29, 0.717) is 35.6 Å². The highest BCUT2D eigenvalue weighted by molar-refractivity contribution is 8.00. The van der Waals surface area contributed by atoms with Gasteiger partial charge in [0.15, 0.2) is 5.58 Å². The third kappa shape index (κ3) is 4.49. The first-order valence-electron chi connectivity index (χ1n) is 6.53. The molecule has 1 unspecified atom stereocenters. The van der Waals surface area contributed by atoms with Gasteiger partial charge < -0.3 is 14.6 Å². The van der Waals surface area contributed by atoms with E-state index in [2.05, 4.69) is 4.98 Å². The van der Waals surface area contributed by atoms with Crippen LogP contribution in [0.2, 0.25) is 0 Å². The van der Waals surface area contributed by atoms with Crippen molar-refractivity contribution in [1.29, 1.82) is 0 Å². The number of rotatable bonds is 8. The van der Waals surface area contributed by atoms with E-state index in [-0.39, 0.29) is 6.42 Å². The molecule has 1 atom stereocenters. The van der Waals surface area contributed by atoms with Crippen LogP contribution in [0.4, 0.5) is 0 Å². The van der Waals surface area contributed by atoms with Crippen LogP contribution in [-0.2, 0) is 9.59 Å². The van der Waals surface area contributed by atoms with Gasteiger partial charge >= 0.3 is 11.9 Å². The lowest BCUT2D eigenvalue weighted by atomic mass is 10.1. The molecule has 0 aliphatic rings. The smallest absolute Gasteiger partial charge is 0.317 e. The van der Waals surface area contributed by atoms with Gasteiger partial charge in [0.2, 0.25) is 0 Å². The lowest BCUT2D eigenvalue weighted by Crippen LogP contribution is -2.16. The monoisotopic (exact) mass is 309 g/mol. The minimum absolute atomic E-state index is 0.0554. The van der Waals surface area contributed by atoms with E-state index < -0.39 is 17.2 Å². The molecule has 0 radical (unpaired) electrons. The van der Waals surface area contributed by atoms with E-state index in [9.17, 15) is 14.7 Å². The van der Waals surface area contributed by atoms with Gasteiger partial charge in [0.05, 0.1) is 0 Å². The van der Waals surface area contributed by atoms with Crippen LogP contribution in [0.5, 0.6) is 0 Å². The van der Waals surface area contributed by atoms with Crippen molar-refractivity contribution < 1.29 is 24.2 Å². The first-order chi connectivity index (χ1) is 10.1. The van der Waals surface area contributed by atoms with E-state index in [1.807, 2.05) is 12.1 Å².